The van der Waals surface area contributed by atoms with Gasteiger partial charge in [-0.1, -0.05) is 19.9 Å². The van der Waals surface area contributed by atoms with E-state index in [9.17, 15) is 9.90 Å². The molecule has 0 bridgehead atoms. The van der Waals surface area contributed by atoms with Gasteiger partial charge in [-0.15, -0.1) is 0 Å². The van der Waals surface area contributed by atoms with Crippen molar-refractivity contribution in [1.82, 2.24) is 0 Å². The van der Waals surface area contributed by atoms with E-state index in [0.29, 0.717) is 51.7 Å². The molecular weight excluding hydrogens is 464 g/mol. The fraction of sp³-hybridized carbons (Fsp3) is 0.464. The van der Waals surface area contributed by atoms with Crippen LogP contribution in [0.3, 0.4) is 0 Å². The molecule has 0 radical (unpaired) electrons. The molecule has 196 valence electrons. The summed E-state index contributed by atoms with van der Waals surface area (Å²) in [6, 6.07) is 3.63. The topological polar surface area (TPSA) is 92.7 Å². The summed E-state index contributed by atoms with van der Waals surface area (Å²) in [7, 11) is 7.58. The third-order valence-electron chi connectivity index (χ3n) is 7.02. The summed E-state index contributed by atoms with van der Waals surface area (Å²) in [4.78, 5) is 13.0. The van der Waals surface area contributed by atoms with Gasteiger partial charge in [-0.2, -0.15) is 0 Å². The Labute approximate surface area is 212 Å². The molecule has 0 amide bonds. The van der Waals surface area contributed by atoms with Crippen LogP contribution in [-0.2, 0) is 11.2 Å². The van der Waals surface area contributed by atoms with Crippen molar-refractivity contribution in [3.63, 3.8) is 0 Å². The number of benzene rings is 2. The lowest BCUT2D eigenvalue weighted by molar-refractivity contribution is -0.130. The number of esters is 1. The molecule has 8 heteroatoms. The highest BCUT2D eigenvalue weighted by molar-refractivity contribution is 5.94. The van der Waals surface area contributed by atoms with E-state index < -0.39 is 12.1 Å². The number of aliphatic hydroxyl groups excluding tert-OH is 1. The van der Waals surface area contributed by atoms with Crippen LogP contribution in [0.15, 0.2) is 23.8 Å². The minimum Gasteiger partial charge on any atom is -0.493 e. The van der Waals surface area contributed by atoms with Gasteiger partial charge in [-0.05, 0) is 55.4 Å². The Hall–Kier alpha value is -3.39. The summed E-state index contributed by atoms with van der Waals surface area (Å²) in [6.45, 7) is 7.52. The first-order valence-electron chi connectivity index (χ1n) is 11.8. The predicted octanol–water partition coefficient (Wildman–Crippen LogP) is 5.13. The smallest absolute Gasteiger partial charge is 0.338 e. The van der Waals surface area contributed by atoms with E-state index in [1.807, 2.05) is 13.0 Å². The quantitative estimate of drug-likeness (QED) is 0.318. The second-order valence-corrected chi connectivity index (χ2v) is 8.93. The molecule has 3 rings (SSSR count). The highest BCUT2D eigenvalue weighted by Crippen LogP contribution is 2.57. The van der Waals surface area contributed by atoms with Gasteiger partial charge in [0.05, 0.1) is 41.7 Å². The standard InChI is InChI=1S/C28H36O8/c1-10-14(2)28(30)36-27-21-17(12-19(31-5)25(27)34-8)11-15(3)16(4)23(29)18-13-20(32-6)24(33-7)26(35-9)22(18)21/h10,12-13,15-16,23,29H,11H2,1-9H3/b14-10+/t15-,16-,23-/m0/s1. The third-order valence-corrected chi connectivity index (χ3v) is 7.02. The van der Waals surface area contributed by atoms with Crippen molar-refractivity contribution in [3.05, 3.63) is 34.9 Å². The van der Waals surface area contributed by atoms with E-state index in [-0.39, 0.29) is 23.3 Å². The highest BCUT2D eigenvalue weighted by atomic mass is 16.6. The number of fused-ring (bicyclic) bond motifs is 3. The first-order valence-corrected chi connectivity index (χ1v) is 11.8. The van der Waals surface area contributed by atoms with Crippen LogP contribution in [0.5, 0.6) is 34.5 Å². The zero-order valence-corrected chi connectivity index (χ0v) is 22.5. The number of methoxy groups -OCH3 is 5. The molecule has 1 N–H and O–H groups in total. The van der Waals surface area contributed by atoms with Gasteiger partial charge in [0.1, 0.15) is 0 Å². The summed E-state index contributed by atoms with van der Waals surface area (Å²) >= 11 is 0. The van der Waals surface area contributed by atoms with Crippen LogP contribution in [0.4, 0.5) is 0 Å². The van der Waals surface area contributed by atoms with Crippen LogP contribution in [0.1, 0.15) is 44.9 Å². The van der Waals surface area contributed by atoms with Crippen molar-refractivity contribution >= 4 is 5.97 Å². The van der Waals surface area contributed by atoms with Gasteiger partial charge in [0.2, 0.25) is 11.5 Å². The molecule has 0 heterocycles. The predicted molar refractivity (Wildman–Crippen MR) is 137 cm³/mol. The van der Waals surface area contributed by atoms with Crippen molar-refractivity contribution < 1.29 is 38.3 Å². The summed E-state index contributed by atoms with van der Waals surface area (Å²) < 4.78 is 34.4. The van der Waals surface area contributed by atoms with Crippen molar-refractivity contribution in [2.24, 2.45) is 11.8 Å². The molecule has 0 unspecified atom stereocenters. The summed E-state index contributed by atoms with van der Waals surface area (Å²) in [5.41, 5.74) is 2.96. The summed E-state index contributed by atoms with van der Waals surface area (Å²) in [5.74, 6) is 1.42. The van der Waals surface area contributed by atoms with Crippen LogP contribution < -0.4 is 28.4 Å². The molecular formula is C28H36O8. The Kier molecular flexibility index (Phi) is 8.40. The number of hydrogen-bond acceptors (Lipinski definition) is 8. The SMILES string of the molecule is C/C=C(\C)C(=O)Oc1c(OC)c(OC)cc2c1-c1c(cc(OC)c(OC)c1OC)[C@@H](O)[C@@H](C)[C@@H](C)C2. The average Bonchev–Trinajstić information content (AvgIpc) is 2.89. The van der Waals surface area contributed by atoms with Gasteiger partial charge >= 0.3 is 5.97 Å². The Bertz CT molecular complexity index is 1170. The third kappa shape index (κ3) is 4.57. The number of hydrogen-bond donors (Lipinski definition) is 1. The molecule has 36 heavy (non-hydrogen) atoms. The van der Waals surface area contributed by atoms with Gasteiger partial charge < -0.3 is 33.5 Å². The molecule has 3 atom stereocenters. The fourth-order valence-electron chi connectivity index (χ4n) is 4.63. The fourth-order valence-corrected chi connectivity index (χ4v) is 4.63. The molecule has 2 aromatic carbocycles. The number of carbonyl (C=O) groups excluding carboxylic acids is 1. The first-order chi connectivity index (χ1) is 17.2. The van der Waals surface area contributed by atoms with Crippen LogP contribution in [0.25, 0.3) is 11.1 Å². The molecule has 0 aliphatic heterocycles. The van der Waals surface area contributed by atoms with E-state index in [0.717, 1.165) is 5.56 Å². The van der Waals surface area contributed by atoms with Crippen molar-refractivity contribution in [3.8, 4) is 45.6 Å². The van der Waals surface area contributed by atoms with Crippen molar-refractivity contribution in [2.75, 3.05) is 35.5 Å². The lowest BCUT2D eigenvalue weighted by Gasteiger charge is -2.33. The maximum atomic E-state index is 13.0. The van der Waals surface area contributed by atoms with E-state index in [4.69, 9.17) is 28.4 Å². The lowest BCUT2D eigenvalue weighted by Crippen LogP contribution is -2.23. The van der Waals surface area contributed by atoms with E-state index >= 15 is 0 Å². The highest BCUT2D eigenvalue weighted by Gasteiger charge is 2.37. The lowest BCUT2D eigenvalue weighted by atomic mass is 9.76. The molecule has 8 nitrogen and oxygen atoms in total. The second kappa shape index (κ2) is 11.1. The molecule has 0 saturated heterocycles. The van der Waals surface area contributed by atoms with Crippen LogP contribution in [0, 0.1) is 11.8 Å². The molecule has 1 aliphatic carbocycles. The summed E-state index contributed by atoms with van der Waals surface area (Å²) in [6.07, 6.45) is 1.40. The average molecular weight is 501 g/mol. The van der Waals surface area contributed by atoms with Crippen LogP contribution in [-0.4, -0.2) is 46.6 Å². The zero-order chi connectivity index (χ0) is 26.7. The Morgan fingerprint density at radius 3 is 1.94 bits per heavy atom. The van der Waals surface area contributed by atoms with E-state index in [1.165, 1.54) is 35.5 Å². The monoisotopic (exact) mass is 500 g/mol. The van der Waals surface area contributed by atoms with E-state index in [2.05, 4.69) is 6.92 Å². The van der Waals surface area contributed by atoms with Crippen LogP contribution >= 0.6 is 0 Å². The van der Waals surface area contributed by atoms with Gasteiger partial charge in [-0.25, -0.2) is 4.79 Å². The number of carbonyl (C=O) groups is 1. The van der Waals surface area contributed by atoms with Gasteiger partial charge in [0, 0.05) is 16.7 Å². The van der Waals surface area contributed by atoms with E-state index in [1.54, 1.807) is 26.0 Å². The number of allylic oxidation sites excluding steroid dienone is 1. The maximum Gasteiger partial charge on any atom is 0.338 e. The molecule has 0 aromatic heterocycles. The van der Waals surface area contributed by atoms with Crippen LogP contribution in [0.2, 0.25) is 0 Å². The maximum absolute atomic E-state index is 13.0. The minimum atomic E-state index is -0.856. The Morgan fingerprint density at radius 1 is 0.861 bits per heavy atom. The molecule has 0 fully saturated rings. The summed E-state index contributed by atoms with van der Waals surface area (Å²) in [5, 5.41) is 11.5. The Morgan fingerprint density at radius 2 is 1.42 bits per heavy atom. The normalized spacial score (nSPS) is 19.3. The molecule has 0 spiro atoms. The number of rotatable bonds is 7. The number of ether oxygens (including phenoxy) is 6. The second-order valence-electron chi connectivity index (χ2n) is 8.93. The van der Waals surface area contributed by atoms with Gasteiger partial charge in [0.25, 0.3) is 0 Å². The zero-order valence-electron chi connectivity index (χ0n) is 22.5. The molecule has 1 aliphatic rings. The Balaban J connectivity index is 2.57. The first kappa shape index (κ1) is 27.2. The van der Waals surface area contributed by atoms with Crippen molar-refractivity contribution in [2.45, 2.75) is 40.2 Å². The van der Waals surface area contributed by atoms with Crippen molar-refractivity contribution in [1.29, 1.82) is 0 Å². The minimum absolute atomic E-state index is 0.0740. The van der Waals surface area contributed by atoms with Gasteiger partial charge in [0.15, 0.2) is 23.0 Å². The largest absolute Gasteiger partial charge is 0.493 e. The molecule has 2 aromatic rings. The number of aliphatic hydroxyl groups is 1. The van der Waals surface area contributed by atoms with Gasteiger partial charge in [-0.3, -0.25) is 0 Å². The molecule has 0 saturated carbocycles.